The van der Waals surface area contributed by atoms with E-state index in [9.17, 15) is 35.2 Å². The van der Waals surface area contributed by atoms with Crippen molar-refractivity contribution < 1.29 is 30.4 Å². The summed E-state index contributed by atoms with van der Waals surface area (Å²) >= 11 is 0. The number of nitrogens with one attached hydrogen (secondary N) is 3. The van der Waals surface area contributed by atoms with Crippen LogP contribution < -0.4 is 15.0 Å². The van der Waals surface area contributed by atoms with Gasteiger partial charge in [-0.1, -0.05) is 18.2 Å². The molecule has 0 radical (unpaired) electrons. The number of rotatable bonds is 9. The Morgan fingerprint density at radius 1 is 0.978 bits per heavy atom. The number of carbonyl (C=O) groups excluding carboxylic acids is 1. The lowest BCUT2D eigenvalue weighted by Gasteiger charge is -2.14. The van der Waals surface area contributed by atoms with E-state index in [0.717, 1.165) is 36.8 Å². The van der Waals surface area contributed by atoms with Crippen LogP contribution in [0, 0.1) is 11.6 Å². The molecule has 2 aromatic heterocycles. The van der Waals surface area contributed by atoms with Crippen LogP contribution in [-0.2, 0) is 26.6 Å². The van der Waals surface area contributed by atoms with E-state index in [4.69, 9.17) is 0 Å². The molecule has 10 nitrogen and oxygen atoms in total. The summed E-state index contributed by atoms with van der Waals surface area (Å²) in [4.78, 5) is 29.4. The quantitative estimate of drug-likeness (QED) is 0.211. The molecular weight excluding hydrogens is 626 g/mol. The second-order valence-corrected chi connectivity index (χ2v) is 14.3. The Hall–Kier alpha value is -4.82. The summed E-state index contributed by atoms with van der Waals surface area (Å²) in [7, 11) is -8.33. The number of fused-ring (bicyclic) bond motifs is 1. The van der Waals surface area contributed by atoms with Crippen molar-refractivity contribution in [2.24, 2.45) is 0 Å². The van der Waals surface area contributed by atoms with Crippen LogP contribution in [0.5, 0.6) is 0 Å². The predicted octanol–water partition coefficient (Wildman–Crippen LogP) is 4.69. The number of sulfonamides is 2. The summed E-state index contributed by atoms with van der Waals surface area (Å²) in [5.74, 6) is -2.50. The Balaban J connectivity index is 1.55. The third-order valence-corrected chi connectivity index (χ3v) is 9.39. The summed E-state index contributed by atoms with van der Waals surface area (Å²) in [5.41, 5.74) is 0.791. The van der Waals surface area contributed by atoms with Crippen LogP contribution in [0.1, 0.15) is 40.4 Å². The smallest absolute Gasteiger partial charge is 0.282 e. The van der Waals surface area contributed by atoms with E-state index >= 15 is 0 Å². The van der Waals surface area contributed by atoms with Crippen molar-refractivity contribution in [2.45, 2.75) is 30.2 Å². The molecule has 1 aliphatic rings. The van der Waals surface area contributed by atoms with E-state index in [-0.39, 0.29) is 34.6 Å². The van der Waals surface area contributed by atoms with Crippen molar-refractivity contribution in [1.29, 1.82) is 0 Å². The lowest BCUT2D eigenvalue weighted by molar-refractivity contribution is 0.0974. The first-order valence-corrected chi connectivity index (χ1v) is 17.1. The largest absolute Gasteiger partial charge is 0.331 e. The predicted molar refractivity (Wildman–Crippen MR) is 165 cm³/mol. The molecule has 45 heavy (non-hydrogen) atoms. The standard InChI is InChI=1S/C31H26F2N4O6S2/c1-44(40,41)35-22-4-2-5-23(16-22)45(42,43)36-31(39)29-28(24-6-3-13-34-30(24)38)25-14-19(18-7-8-18)10-12-27(25)37(29)17-20-9-11-21(32)15-26(20)33/h2-6,9-16,18,35H,7-8,17H2,1H3,(H,34,38)(H,36,39). The molecule has 1 saturated carbocycles. The van der Waals surface area contributed by atoms with Gasteiger partial charge in [-0.25, -0.2) is 30.3 Å². The van der Waals surface area contributed by atoms with Gasteiger partial charge in [-0.3, -0.25) is 14.3 Å². The summed E-state index contributed by atoms with van der Waals surface area (Å²) < 4.78 is 84.7. The van der Waals surface area contributed by atoms with Gasteiger partial charge >= 0.3 is 0 Å². The van der Waals surface area contributed by atoms with E-state index in [2.05, 4.69) is 9.71 Å². The summed E-state index contributed by atoms with van der Waals surface area (Å²) in [5, 5.41) is 0.473. The van der Waals surface area contributed by atoms with E-state index < -0.39 is 48.0 Å². The highest BCUT2D eigenvalue weighted by molar-refractivity contribution is 7.92. The van der Waals surface area contributed by atoms with Crippen LogP contribution in [0.3, 0.4) is 0 Å². The van der Waals surface area contributed by atoms with Gasteiger partial charge in [-0.2, -0.15) is 0 Å². The minimum atomic E-state index is -4.60. The van der Waals surface area contributed by atoms with E-state index in [1.165, 1.54) is 41.1 Å². The molecule has 5 aromatic rings. The number of hydrogen-bond acceptors (Lipinski definition) is 6. The molecule has 6 rings (SSSR count). The van der Waals surface area contributed by atoms with Crippen molar-refractivity contribution in [3.8, 4) is 11.1 Å². The van der Waals surface area contributed by atoms with Gasteiger partial charge in [-0.15, -0.1) is 0 Å². The fraction of sp³-hybridized carbons (Fsp3) is 0.161. The molecule has 0 unspecified atom stereocenters. The molecule has 1 amide bonds. The zero-order chi connectivity index (χ0) is 32.1. The Morgan fingerprint density at radius 3 is 2.44 bits per heavy atom. The lowest BCUT2D eigenvalue weighted by atomic mass is 10.00. The minimum absolute atomic E-state index is 0.0181. The first kappa shape index (κ1) is 30.2. The number of benzene rings is 3. The summed E-state index contributed by atoms with van der Waals surface area (Å²) in [6.07, 6.45) is 4.25. The maximum absolute atomic E-state index is 14.9. The topological polar surface area (TPSA) is 147 Å². The van der Waals surface area contributed by atoms with Crippen LogP contribution >= 0.6 is 0 Å². The van der Waals surface area contributed by atoms with Crippen molar-refractivity contribution in [2.75, 3.05) is 11.0 Å². The molecule has 3 N–H and O–H groups in total. The lowest BCUT2D eigenvalue weighted by Crippen LogP contribution is -2.33. The number of anilines is 1. The minimum Gasteiger partial charge on any atom is -0.331 e. The van der Waals surface area contributed by atoms with Crippen LogP contribution in [0.2, 0.25) is 0 Å². The van der Waals surface area contributed by atoms with E-state index in [1.54, 1.807) is 12.1 Å². The van der Waals surface area contributed by atoms with Crippen LogP contribution in [-0.4, -0.2) is 38.5 Å². The molecular formula is C31H26F2N4O6S2. The van der Waals surface area contributed by atoms with Gasteiger partial charge in [0.25, 0.3) is 21.5 Å². The zero-order valence-corrected chi connectivity index (χ0v) is 25.3. The maximum Gasteiger partial charge on any atom is 0.282 e. The van der Waals surface area contributed by atoms with Crippen molar-refractivity contribution in [3.63, 3.8) is 0 Å². The fourth-order valence-electron chi connectivity index (χ4n) is 5.32. The summed E-state index contributed by atoms with van der Waals surface area (Å²) in [6, 6.07) is 16.4. The number of amides is 1. The van der Waals surface area contributed by atoms with Crippen LogP contribution in [0.15, 0.2) is 88.7 Å². The Labute approximate surface area is 256 Å². The van der Waals surface area contributed by atoms with Gasteiger partial charge < -0.3 is 9.55 Å². The monoisotopic (exact) mass is 652 g/mol. The van der Waals surface area contributed by atoms with Crippen molar-refractivity contribution >= 4 is 42.5 Å². The first-order chi connectivity index (χ1) is 21.3. The SMILES string of the molecule is CS(=O)(=O)Nc1cccc(S(=O)(=O)NC(=O)c2c(-c3ccc[nH]c3=O)c3cc(C4CC4)ccc3n2Cc2ccc(F)cc2F)c1. The molecule has 0 saturated heterocycles. The Bertz CT molecular complexity index is 2280. The maximum atomic E-state index is 14.9. The molecule has 3 aromatic carbocycles. The number of nitrogens with zero attached hydrogens (tertiary/aromatic N) is 1. The average Bonchev–Trinajstić information content (AvgIpc) is 3.77. The van der Waals surface area contributed by atoms with E-state index in [0.29, 0.717) is 22.9 Å². The molecule has 1 aliphatic carbocycles. The fourth-order valence-corrected chi connectivity index (χ4v) is 6.88. The second kappa shape index (κ2) is 11.3. The Morgan fingerprint density at radius 2 is 1.76 bits per heavy atom. The number of halogens is 2. The number of H-pyrrole nitrogens is 1. The van der Waals surface area contributed by atoms with Gasteiger partial charge in [0.2, 0.25) is 10.0 Å². The van der Waals surface area contributed by atoms with Gasteiger partial charge in [0.05, 0.1) is 17.7 Å². The number of aromatic amines is 1. The van der Waals surface area contributed by atoms with Gasteiger partial charge in [0.1, 0.15) is 17.3 Å². The van der Waals surface area contributed by atoms with Crippen molar-refractivity contribution in [1.82, 2.24) is 14.3 Å². The van der Waals surface area contributed by atoms with Gasteiger partial charge in [0, 0.05) is 45.5 Å². The number of aromatic nitrogens is 2. The second-order valence-electron chi connectivity index (χ2n) is 10.8. The number of pyridine rings is 1. The molecule has 0 bridgehead atoms. The average molecular weight is 653 g/mol. The molecule has 0 spiro atoms. The molecule has 0 aliphatic heterocycles. The molecule has 0 atom stereocenters. The highest BCUT2D eigenvalue weighted by Crippen LogP contribution is 2.43. The molecule has 14 heteroatoms. The zero-order valence-electron chi connectivity index (χ0n) is 23.7. The molecule has 232 valence electrons. The van der Waals surface area contributed by atoms with Gasteiger partial charge in [-0.05, 0) is 72.9 Å². The first-order valence-electron chi connectivity index (χ1n) is 13.7. The number of hydrogen-bond donors (Lipinski definition) is 3. The Kier molecular flexibility index (Phi) is 7.57. The molecule has 1 fully saturated rings. The number of carbonyl (C=O) groups is 1. The van der Waals surface area contributed by atoms with Crippen LogP contribution in [0.25, 0.3) is 22.0 Å². The highest BCUT2D eigenvalue weighted by atomic mass is 32.2. The third-order valence-electron chi connectivity index (χ3n) is 7.46. The third kappa shape index (κ3) is 6.24. The summed E-state index contributed by atoms with van der Waals surface area (Å²) in [6.45, 7) is -0.299. The van der Waals surface area contributed by atoms with Crippen LogP contribution in [0.4, 0.5) is 14.5 Å². The van der Waals surface area contributed by atoms with Gasteiger partial charge in [0.15, 0.2) is 0 Å². The van der Waals surface area contributed by atoms with E-state index in [1.807, 2.05) is 16.9 Å². The molecule has 2 heterocycles. The highest BCUT2D eigenvalue weighted by Gasteiger charge is 2.31. The van der Waals surface area contributed by atoms with Crippen molar-refractivity contribution in [3.05, 3.63) is 118 Å². The normalized spacial score (nSPS) is 13.6.